The first kappa shape index (κ1) is 20.9. The van der Waals surface area contributed by atoms with Gasteiger partial charge in [0.05, 0.1) is 4.90 Å². The van der Waals surface area contributed by atoms with Crippen LogP contribution in [0.4, 0.5) is 0 Å². The van der Waals surface area contributed by atoms with Crippen molar-refractivity contribution in [3.05, 3.63) is 60.2 Å². The number of piperazine rings is 1. The lowest BCUT2D eigenvalue weighted by Gasteiger charge is -2.34. The van der Waals surface area contributed by atoms with E-state index in [0.717, 1.165) is 25.4 Å². The molecule has 1 amide bonds. The van der Waals surface area contributed by atoms with Gasteiger partial charge in [0.25, 0.3) is 5.91 Å². The van der Waals surface area contributed by atoms with Gasteiger partial charge in [-0.25, -0.2) is 13.1 Å². The van der Waals surface area contributed by atoms with Crippen LogP contribution < -0.4 is 4.72 Å². The molecule has 0 bridgehead atoms. The van der Waals surface area contributed by atoms with Crippen molar-refractivity contribution in [1.29, 1.82) is 0 Å². The van der Waals surface area contributed by atoms with Gasteiger partial charge >= 0.3 is 0 Å². The number of thioether (sulfide) groups is 1. The summed E-state index contributed by atoms with van der Waals surface area (Å²) < 4.78 is 26.2. The van der Waals surface area contributed by atoms with E-state index in [1.807, 2.05) is 30.0 Å². The van der Waals surface area contributed by atoms with Gasteiger partial charge in [0.15, 0.2) is 0 Å². The number of carbonyl (C=O) groups is 1. The molecule has 3 rings (SSSR count). The summed E-state index contributed by atoms with van der Waals surface area (Å²) in [6.45, 7) is 3.94. The van der Waals surface area contributed by atoms with E-state index in [0.29, 0.717) is 18.7 Å². The van der Waals surface area contributed by atoms with E-state index >= 15 is 0 Å². The number of hydrogen-bond acceptors (Lipinski definition) is 5. The first-order chi connectivity index (χ1) is 13.5. The number of benzene rings is 2. The van der Waals surface area contributed by atoms with Gasteiger partial charge in [-0.1, -0.05) is 24.3 Å². The highest BCUT2D eigenvalue weighted by atomic mass is 32.2. The second kappa shape index (κ2) is 9.56. The Bertz CT molecular complexity index is 896. The molecule has 0 unspecified atom stereocenters. The lowest BCUT2D eigenvalue weighted by atomic mass is 10.2. The molecule has 0 radical (unpaired) electrons. The smallest absolute Gasteiger partial charge is 0.253 e. The highest BCUT2D eigenvalue weighted by molar-refractivity contribution is 7.99. The molecule has 2 aromatic rings. The van der Waals surface area contributed by atoms with Gasteiger partial charge in [-0.2, -0.15) is 0 Å². The fourth-order valence-corrected chi connectivity index (χ4v) is 4.79. The number of nitrogens with zero attached hydrogens (tertiary/aromatic N) is 2. The zero-order valence-electron chi connectivity index (χ0n) is 15.9. The Morgan fingerprint density at radius 2 is 1.75 bits per heavy atom. The molecule has 8 heteroatoms. The Morgan fingerprint density at radius 1 is 1.04 bits per heavy atom. The van der Waals surface area contributed by atoms with Crippen LogP contribution >= 0.6 is 11.8 Å². The third-order valence-electron chi connectivity index (χ3n) is 4.74. The molecule has 28 heavy (non-hydrogen) atoms. The zero-order chi connectivity index (χ0) is 20.0. The van der Waals surface area contributed by atoms with Crippen molar-refractivity contribution in [3.8, 4) is 0 Å². The fourth-order valence-electron chi connectivity index (χ4n) is 3.08. The predicted molar refractivity (Wildman–Crippen MR) is 112 cm³/mol. The number of rotatable bonds is 7. The first-order valence-electron chi connectivity index (χ1n) is 9.23. The van der Waals surface area contributed by atoms with Crippen molar-refractivity contribution in [2.75, 3.05) is 45.5 Å². The molecular formula is C20H25N3O3S2. The molecule has 1 heterocycles. The summed E-state index contributed by atoms with van der Waals surface area (Å²) >= 11 is 1.84. The van der Waals surface area contributed by atoms with E-state index in [1.165, 1.54) is 24.1 Å². The molecule has 1 saturated heterocycles. The minimum absolute atomic E-state index is 0.109. The maximum Gasteiger partial charge on any atom is 0.253 e. The number of carbonyl (C=O) groups excluding carboxylic acids is 1. The highest BCUT2D eigenvalue weighted by Crippen LogP contribution is 2.18. The van der Waals surface area contributed by atoms with Gasteiger partial charge in [-0.15, -0.1) is 11.8 Å². The lowest BCUT2D eigenvalue weighted by molar-refractivity contribution is 0.0644. The summed E-state index contributed by atoms with van der Waals surface area (Å²) in [5.74, 6) is 0.897. The maximum absolute atomic E-state index is 12.8. The Balaban J connectivity index is 1.51. The molecule has 0 aliphatic carbocycles. The summed E-state index contributed by atoms with van der Waals surface area (Å²) in [5.41, 5.74) is 0.407. The molecule has 1 aliphatic rings. The summed E-state index contributed by atoms with van der Waals surface area (Å²) in [6, 6.07) is 16.5. The van der Waals surface area contributed by atoms with Crippen LogP contribution in [-0.2, 0) is 10.0 Å². The Hall–Kier alpha value is -1.87. The van der Waals surface area contributed by atoms with Crippen LogP contribution in [-0.4, -0.2) is 69.6 Å². The first-order valence-corrected chi connectivity index (χ1v) is 11.7. The van der Waals surface area contributed by atoms with E-state index in [9.17, 15) is 13.2 Å². The molecule has 0 atom stereocenters. The van der Waals surface area contributed by atoms with Crippen molar-refractivity contribution in [2.45, 2.75) is 9.79 Å². The van der Waals surface area contributed by atoms with Crippen molar-refractivity contribution < 1.29 is 13.2 Å². The van der Waals surface area contributed by atoms with Gasteiger partial charge in [0, 0.05) is 48.9 Å². The zero-order valence-corrected chi connectivity index (χ0v) is 17.5. The summed E-state index contributed by atoms with van der Waals surface area (Å²) in [7, 11) is -2.20. The predicted octanol–water partition coefficient (Wildman–Crippen LogP) is 2.14. The van der Waals surface area contributed by atoms with Crippen molar-refractivity contribution >= 4 is 27.7 Å². The second-order valence-corrected chi connectivity index (χ2v) is 9.59. The van der Waals surface area contributed by atoms with Gasteiger partial charge in [-0.3, -0.25) is 9.69 Å². The van der Waals surface area contributed by atoms with Gasteiger partial charge in [-0.05, 0) is 37.4 Å². The average Bonchev–Trinajstić information content (AvgIpc) is 2.74. The second-order valence-electron chi connectivity index (χ2n) is 6.53. The molecule has 1 fully saturated rings. The van der Waals surface area contributed by atoms with Crippen LogP contribution in [0.2, 0.25) is 0 Å². The monoisotopic (exact) mass is 419 g/mol. The van der Waals surface area contributed by atoms with Gasteiger partial charge in [0.2, 0.25) is 10.0 Å². The van der Waals surface area contributed by atoms with Gasteiger partial charge < -0.3 is 4.90 Å². The third kappa shape index (κ3) is 5.35. The van der Waals surface area contributed by atoms with Gasteiger partial charge in [0.1, 0.15) is 0 Å². The molecular weight excluding hydrogens is 394 g/mol. The standard InChI is InChI=1S/C20H25N3O3S2/c1-21-28(25,26)19-9-5-6-17(16-19)20(24)23-12-10-22(11-13-23)14-15-27-18-7-3-2-4-8-18/h2-9,16,21H,10-15H2,1H3. The minimum atomic E-state index is -3.56. The van der Waals surface area contributed by atoms with Crippen LogP contribution in [0.3, 0.4) is 0 Å². The van der Waals surface area contributed by atoms with Crippen LogP contribution in [0.5, 0.6) is 0 Å². The third-order valence-corrected chi connectivity index (χ3v) is 7.14. The van der Waals surface area contributed by atoms with E-state index in [-0.39, 0.29) is 10.8 Å². The topological polar surface area (TPSA) is 69.7 Å². The van der Waals surface area contributed by atoms with E-state index < -0.39 is 10.0 Å². The normalized spacial score (nSPS) is 15.5. The Labute approximate surface area is 171 Å². The minimum Gasteiger partial charge on any atom is -0.336 e. The fraction of sp³-hybridized carbons (Fsp3) is 0.350. The molecule has 1 aliphatic heterocycles. The van der Waals surface area contributed by atoms with Crippen LogP contribution in [0.1, 0.15) is 10.4 Å². The number of hydrogen-bond donors (Lipinski definition) is 1. The molecule has 6 nitrogen and oxygen atoms in total. The Morgan fingerprint density at radius 3 is 2.43 bits per heavy atom. The van der Waals surface area contributed by atoms with E-state index in [4.69, 9.17) is 0 Å². The molecule has 0 aromatic heterocycles. The quantitative estimate of drug-likeness (QED) is 0.697. The number of sulfonamides is 1. The van der Waals surface area contributed by atoms with Crippen molar-refractivity contribution in [3.63, 3.8) is 0 Å². The Kier molecular flexibility index (Phi) is 7.12. The largest absolute Gasteiger partial charge is 0.336 e. The van der Waals surface area contributed by atoms with Crippen molar-refractivity contribution in [1.82, 2.24) is 14.5 Å². The van der Waals surface area contributed by atoms with E-state index in [2.05, 4.69) is 21.8 Å². The molecule has 0 spiro atoms. The van der Waals surface area contributed by atoms with Crippen LogP contribution in [0.25, 0.3) is 0 Å². The molecule has 1 N–H and O–H groups in total. The summed E-state index contributed by atoms with van der Waals surface area (Å²) in [5, 5.41) is 0. The summed E-state index contributed by atoms with van der Waals surface area (Å²) in [4.78, 5) is 18.3. The molecule has 0 saturated carbocycles. The molecule has 150 valence electrons. The van der Waals surface area contributed by atoms with Crippen LogP contribution in [0, 0.1) is 0 Å². The molecule has 2 aromatic carbocycles. The average molecular weight is 420 g/mol. The SMILES string of the molecule is CNS(=O)(=O)c1cccc(C(=O)N2CCN(CCSc3ccccc3)CC2)c1. The number of nitrogens with one attached hydrogen (secondary N) is 1. The van der Waals surface area contributed by atoms with Crippen LogP contribution in [0.15, 0.2) is 64.4 Å². The maximum atomic E-state index is 12.8. The van der Waals surface area contributed by atoms with E-state index in [1.54, 1.807) is 17.0 Å². The lowest BCUT2D eigenvalue weighted by Crippen LogP contribution is -2.49. The highest BCUT2D eigenvalue weighted by Gasteiger charge is 2.23. The summed E-state index contributed by atoms with van der Waals surface area (Å²) in [6.07, 6.45) is 0. The van der Waals surface area contributed by atoms with Crippen molar-refractivity contribution in [2.24, 2.45) is 0 Å². The number of amides is 1.